The minimum Gasteiger partial charge on any atom is -0.508 e. The number of halogens is 1. The van der Waals surface area contributed by atoms with E-state index in [1.807, 2.05) is 24.3 Å². The number of phenols is 1. The normalized spacial score (nSPS) is 9.36. The van der Waals surface area contributed by atoms with Gasteiger partial charge in [-0.25, -0.2) is 0 Å². The van der Waals surface area contributed by atoms with Crippen LogP contribution in [0.2, 0.25) is 0 Å². The summed E-state index contributed by atoms with van der Waals surface area (Å²) in [5, 5.41) is 18.4. The Labute approximate surface area is 90.9 Å². The van der Waals surface area contributed by atoms with Gasteiger partial charge in [-0.15, -0.1) is 0 Å². The predicted octanol–water partition coefficient (Wildman–Crippen LogP) is 2.92. The Hall–Kier alpha value is -1.06. The Morgan fingerprint density at radius 2 is 1.71 bits per heavy atom. The quantitative estimate of drug-likeness (QED) is 0.759. The van der Waals surface area contributed by atoms with Crippen molar-refractivity contribution < 1.29 is 10.2 Å². The predicted molar refractivity (Wildman–Crippen MR) is 61.5 cm³/mol. The van der Waals surface area contributed by atoms with Crippen LogP contribution in [0.5, 0.6) is 5.75 Å². The Morgan fingerprint density at radius 1 is 1.07 bits per heavy atom. The Morgan fingerprint density at radius 3 is 2.43 bits per heavy atom. The van der Waals surface area contributed by atoms with Crippen molar-refractivity contribution in [1.29, 1.82) is 0 Å². The number of aliphatic hydroxyl groups is 1. The van der Waals surface area contributed by atoms with E-state index in [2.05, 4.69) is 15.9 Å². The molecule has 0 fully saturated rings. The van der Waals surface area contributed by atoms with Gasteiger partial charge in [0.15, 0.2) is 0 Å². The van der Waals surface area contributed by atoms with E-state index < -0.39 is 0 Å². The summed E-state index contributed by atoms with van der Waals surface area (Å²) in [5.74, 6) is 0.292. The van der Waals surface area contributed by atoms with Crippen LogP contribution in [0, 0.1) is 0 Å². The van der Waals surface area contributed by atoms with Gasteiger partial charge in [0.25, 0.3) is 0 Å². The molecule has 2 nitrogen and oxygen atoms in total. The lowest BCUT2D eigenvalue weighted by molar-refractivity contribution is 0.399. The third-order valence-corrected chi connectivity index (χ3v) is 2.45. The van der Waals surface area contributed by atoms with Gasteiger partial charge in [-0.1, -0.05) is 40.2 Å². The molecule has 14 heavy (non-hydrogen) atoms. The summed E-state index contributed by atoms with van der Waals surface area (Å²) in [5.41, 5.74) is 0. The molecule has 74 valence electrons. The molecule has 0 saturated heterocycles. The van der Waals surface area contributed by atoms with Crippen molar-refractivity contribution in [2.24, 2.45) is 0 Å². The summed E-state index contributed by atoms with van der Waals surface area (Å²) >= 11 is 3.39. The van der Waals surface area contributed by atoms with E-state index in [9.17, 15) is 5.11 Å². The molecule has 0 bridgehead atoms. The van der Waals surface area contributed by atoms with Gasteiger partial charge in [-0.2, -0.15) is 0 Å². The van der Waals surface area contributed by atoms with Crippen LogP contribution >= 0.6 is 15.9 Å². The molecule has 2 rings (SSSR count). The van der Waals surface area contributed by atoms with Crippen LogP contribution in [0.4, 0.5) is 0 Å². The van der Waals surface area contributed by atoms with Crippen molar-refractivity contribution >= 4 is 26.7 Å². The Kier molecular flexibility index (Phi) is 3.92. The number of aromatic hydroxyl groups is 1. The highest BCUT2D eigenvalue weighted by molar-refractivity contribution is 9.10. The SMILES string of the molecule is CO.Oc1cc(Br)c2ccccc2c1. The second kappa shape index (κ2) is 4.98. The zero-order chi connectivity index (χ0) is 10.6. The van der Waals surface area contributed by atoms with Crippen LogP contribution < -0.4 is 0 Å². The third kappa shape index (κ3) is 2.25. The maximum absolute atomic E-state index is 9.28. The molecule has 0 saturated carbocycles. The summed E-state index contributed by atoms with van der Waals surface area (Å²) in [6.45, 7) is 0. The van der Waals surface area contributed by atoms with Crippen LogP contribution in [0.1, 0.15) is 0 Å². The van der Waals surface area contributed by atoms with E-state index in [1.165, 1.54) is 0 Å². The van der Waals surface area contributed by atoms with Crippen LogP contribution in [0.25, 0.3) is 10.8 Å². The van der Waals surface area contributed by atoms with Gasteiger partial charge in [0.1, 0.15) is 5.75 Å². The highest BCUT2D eigenvalue weighted by atomic mass is 79.9. The summed E-state index contributed by atoms with van der Waals surface area (Å²) < 4.78 is 0.929. The van der Waals surface area contributed by atoms with E-state index in [-0.39, 0.29) is 0 Å². The number of rotatable bonds is 0. The molecular weight excluding hydrogens is 244 g/mol. The summed E-state index contributed by atoms with van der Waals surface area (Å²) in [6, 6.07) is 11.4. The van der Waals surface area contributed by atoms with E-state index in [0.29, 0.717) is 5.75 Å². The Bertz CT molecular complexity index is 427. The molecule has 0 aliphatic heterocycles. The average molecular weight is 255 g/mol. The minimum atomic E-state index is 0.292. The van der Waals surface area contributed by atoms with E-state index in [1.54, 1.807) is 12.1 Å². The monoisotopic (exact) mass is 254 g/mol. The fourth-order valence-corrected chi connectivity index (χ4v) is 1.84. The highest BCUT2D eigenvalue weighted by Gasteiger charge is 1.98. The van der Waals surface area contributed by atoms with Crippen molar-refractivity contribution in [3.8, 4) is 5.75 Å². The lowest BCUT2D eigenvalue weighted by atomic mass is 10.1. The molecule has 0 aromatic heterocycles. The maximum Gasteiger partial charge on any atom is 0.117 e. The van der Waals surface area contributed by atoms with Crippen LogP contribution in [-0.2, 0) is 0 Å². The topological polar surface area (TPSA) is 40.5 Å². The molecule has 0 spiro atoms. The van der Waals surface area contributed by atoms with Crippen molar-refractivity contribution in [2.75, 3.05) is 7.11 Å². The second-order valence-corrected chi connectivity index (χ2v) is 3.50. The Balaban J connectivity index is 0.000000461. The van der Waals surface area contributed by atoms with Crippen molar-refractivity contribution in [1.82, 2.24) is 0 Å². The third-order valence-electron chi connectivity index (χ3n) is 1.80. The molecule has 2 aromatic rings. The number of benzene rings is 2. The number of aliphatic hydroxyl groups excluding tert-OH is 1. The second-order valence-electron chi connectivity index (χ2n) is 2.65. The lowest BCUT2D eigenvalue weighted by Gasteiger charge is -2.00. The molecule has 0 amide bonds. The van der Waals surface area contributed by atoms with Crippen molar-refractivity contribution in [2.45, 2.75) is 0 Å². The van der Waals surface area contributed by atoms with Gasteiger partial charge in [0.2, 0.25) is 0 Å². The summed E-state index contributed by atoms with van der Waals surface area (Å²) in [6.07, 6.45) is 0. The molecule has 0 heterocycles. The summed E-state index contributed by atoms with van der Waals surface area (Å²) in [7, 11) is 1.00. The largest absolute Gasteiger partial charge is 0.508 e. The molecule has 2 aromatic carbocycles. The molecule has 0 aliphatic carbocycles. The van der Waals surface area contributed by atoms with Gasteiger partial charge in [-0.3, -0.25) is 0 Å². The molecule has 0 atom stereocenters. The number of phenolic OH excluding ortho intramolecular Hbond substituents is 1. The van der Waals surface area contributed by atoms with Crippen LogP contribution in [0.3, 0.4) is 0 Å². The zero-order valence-electron chi connectivity index (χ0n) is 7.74. The smallest absolute Gasteiger partial charge is 0.117 e. The molecule has 2 N–H and O–H groups in total. The number of fused-ring (bicyclic) bond motifs is 1. The molecule has 3 heteroatoms. The first-order chi connectivity index (χ1) is 6.77. The molecule has 0 unspecified atom stereocenters. The van der Waals surface area contributed by atoms with Gasteiger partial charge in [0.05, 0.1) is 0 Å². The number of hydrogen-bond donors (Lipinski definition) is 2. The fourth-order valence-electron chi connectivity index (χ4n) is 1.25. The molecular formula is C11H11BrO2. The van der Waals surface area contributed by atoms with Crippen LogP contribution in [-0.4, -0.2) is 17.3 Å². The minimum absolute atomic E-state index is 0.292. The maximum atomic E-state index is 9.28. The molecule has 0 aliphatic rings. The van der Waals surface area contributed by atoms with Crippen molar-refractivity contribution in [3.63, 3.8) is 0 Å². The van der Waals surface area contributed by atoms with E-state index >= 15 is 0 Å². The van der Waals surface area contributed by atoms with Gasteiger partial charge < -0.3 is 10.2 Å². The highest BCUT2D eigenvalue weighted by Crippen LogP contribution is 2.28. The summed E-state index contributed by atoms with van der Waals surface area (Å²) in [4.78, 5) is 0. The standard InChI is InChI=1S/C10H7BrO.CH4O/c11-10-6-8(12)5-7-3-1-2-4-9(7)10;1-2/h1-6,12H;2H,1H3. The lowest BCUT2D eigenvalue weighted by Crippen LogP contribution is -1.73. The van der Waals surface area contributed by atoms with Gasteiger partial charge in [-0.05, 0) is 22.9 Å². The first-order valence-corrected chi connectivity index (χ1v) is 4.88. The van der Waals surface area contributed by atoms with E-state index in [4.69, 9.17) is 5.11 Å². The number of hydrogen-bond acceptors (Lipinski definition) is 2. The van der Waals surface area contributed by atoms with Crippen LogP contribution in [0.15, 0.2) is 40.9 Å². The van der Waals surface area contributed by atoms with Gasteiger partial charge in [0, 0.05) is 11.6 Å². The first kappa shape index (κ1) is 11.0. The van der Waals surface area contributed by atoms with Gasteiger partial charge >= 0.3 is 0 Å². The van der Waals surface area contributed by atoms with Crippen molar-refractivity contribution in [3.05, 3.63) is 40.9 Å². The zero-order valence-corrected chi connectivity index (χ0v) is 9.32. The fraction of sp³-hybridized carbons (Fsp3) is 0.0909. The average Bonchev–Trinajstić information content (AvgIpc) is 2.20. The van der Waals surface area contributed by atoms with E-state index in [0.717, 1.165) is 22.4 Å². The first-order valence-electron chi connectivity index (χ1n) is 4.09. The molecule has 0 radical (unpaired) electrons.